The summed E-state index contributed by atoms with van der Waals surface area (Å²) in [6.45, 7) is 3.71. The van der Waals surface area contributed by atoms with E-state index in [4.69, 9.17) is 5.11 Å². The first-order chi connectivity index (χ1) is 5.20. The van der Waals surface area contributed by atoms with Crippen molar-refractivity contribution in [2.45, 2.75) is 20.1 Å². The molecule has 0 heterocycles. The highest BCUT2D eigenvalue weighted by molar-refractivity contribution is 5.50. The zero-order valence-electron chi connectivity index (χ0n) is 6.83. The summed E-state index contributed by atoms with van der Waals surface area (Å²) >= 11 is 0. The molecule has 0 aliphatic rings. The van der Waals surface area contributed by atoms with E-state index in [-0.39, 0.29) is 0 Å². The summed E-state index contributed by atoms with van der Waals surface area (Å²) in [6.07, 6.45) is -0.490. The van der Waals surface area contributed by atoms with Crippen LogP contribution in [0.25, 0.3) is 0 Å². The predicted molar refractivity (Wildman–Crippen MR) is 46.5 cm³/mol. The second kappa shape index (κ2) is 3.39. The topological polar surface area (TPSA) is 32.3 Å². The Labute approximate surface area is 66.9 Å². The maximum Gasteiger partial charge on any atom is 0.121 e. The van der Waals surface area contributed by atoms with Crippen LogP contribution in [0.2, 0.25) is 0 Å². The molecule has 0 aliphatic heterocycles. The molecule has 1 unspecified atom stereocenters. The van der Waals surface area contributed by atoms with Crippen LogP contribution in [0, 0.1) is 6.92 Å². The molecule has 1 aromatic rings. The lowest BCUT2D eigenvalue weighted by atomic mass is 10.2. The highest BCUT2D eigenvalue weighted by Crippen LogP contribution is 2.13. The van der Waals surface area contributed by atoms with E-state index in [0.717, 1.165) is 11.3 Å². The number of benzene rings is 1. The van der Waals surface area contributed by atoms with Crippen molar-refractivity contribution in [1.82, 2.24) is 0 Å². The summed E-state index contributed by atoms with van der Waals surface area (Å²) in [7, 11) is 0. The minimum absolute atomic E-state index is 0.490. The fourth-order valence-corrected chi connectivity index (χ4v) is 0.960. The van der Waals surface area contributed by atoms with Crippen LogP contribution < -0.4 is 5.32 Å². The van der Waals surface area contributed by atoms with Gasteiger partial charge >= 0.3 is 0 Å². The summed E-state index contributed by atoms with van der Waals surface area (Å²) in [4.78, 5) is 0. The van der Waals surface area contributed by atoms with Gasteiger partial charge in [0.1, 0.15) is 6.23 Å². The van der Waals surface area contributed by atoms with Gasteiger partial charge in [-0.3, -0.25) is 0 Å². The number of nitrogens with one attached hydrogen (secondary N) is 1. The average Bonchev–Trinajstić information content (AvgIpc) is 1.93. The van der Waals surface area contributed by atoms with Gasteiger partial charge < -0.3 is 10.4 Å². The molecule has 60 valence electrons. The number of aryl methyl sites for hydroxylation is 1. The average molecular weight is 151 g/mol. The number of rotatable bonds is 2. The second-order valence-electron chi connectivity index (χ2n) is 2.64. The van der Waals surface area contributed by atoms with Gasteiger partial charge in [-0.05, 0) is 25.5 Å². The molecule has 0 saturated heterocycles. The van der Waals surface area contributed by atoms with Crippen molar-refractivity contribution < 1.29 is 5.11 Å². The Morgan fingerprint density at radius 1 is 1.36 bits per heavy atom. The monoisotopic (exact) mass is 151 g/mol. The molecular formula is C9H13NO. The quantitative estimate of drug-likeness (QED) is 0.631. The van der Waals surface area contributed by atoms with Crippen molar-refractivity contribution in [3.8, 4) is 0 Å². The fourth-order valence-electron chi connectivity index (χ4n) is 0.960. The predicted octanol–water partition coefficient (Wildman–Crippen LogP) is 1.75. The Balaban J connectivity index is 2.78. The number of hydrogen-bond donors (Lipinski definition) is 2. The molecule has 2 nitrogen and oxygen atoms in total. The van der Waals surface area contributed by atoms with Crippen LogP contribution in [0.15, 0.2) is 24.3 Å². The van der Waals surface area contributed by atoms with Gasteiger partial charge in [0.15, 0.2) is 0 Å². The minimum atomic E-state index is -0.490. The van der Waals surface area contributed by atoms with Gasteiger partial charge in [-0.15, -0.1) is 0 Å². The molecule has 0 bridgehead atoms. The minimum Gasteiger partial charge on any atom is -0.374 e. The number of para-hydroxylation sites is 1. The number of aliphatic hydroxyl groups excluding tert-OH is 1. The molecule has 1 rings (SSSR count). The molecule has 1 aromatic carbocycles. The third-order valence-corrected chi connectivity index (χ3v) is 1.51. The number of aliphatic hydroxyl groups is 1. The molecule has 0 aromatic heterocycles. The third kappa shape index (κ3) is 2.24. The van der Waals surface area contributed by atoms with Crippen molar-refractivity contribution >= 4 is 5.69 Å². The lowest BCUT2D eigenvalue weighted by Crippen LogP contribution is -2.13. The molecule has 0 saturated carbocycles. The Morgan fingerprint density at radius 3 is 2.55 bits per heavy atom. The molecule has 2 heteroatoms. The molecule has 2 N–H and O–H groups in total. The fraction of sp³-hybridized carbons (Fsp3) is 0.333. The van der Waals surface area contributed by atoms with Crippen LogP contribution in [0.1, 0.15) is 12.5 Å². The summed E-state index contributed by atoms with van der Waals surface area (Å²) in [6, 6.07) is 7.87. The van der Waals surface area contributed by atoms with Gasteiger partial charge in [0, 0.05) is 5.69 Å². The van der Waals surface area contributed by atoms with E-state index in [1.54, 1.807) is 6.92 Å². The smallest absolute Gasteiger partial charge is 0.121 e. The van der Waals surface area contributed by atoms with Gasteiger partial charge in [0.2, 0.25) is 0 Å². The molecule has 0 aliphatic carbocycles. The number of hydrogen-bond acceptors (Lipinski definition) is 2. The standard InChI is InChI=1S/C9H13NO/c1-7-5-3-4-6-9(7)10-8(2)11/h3-6,8,10-11H,1-2H3. The molecule has 0 amide bonds. The molecule has 1 atom stereocenters. The van der Waals surface area contributed by atoms with Gasteiger partial charge in [-0.1, -0.05) is 18.2 Å². The second-order valence-corrected chi connectivity index (χ2v) is 2.64. The highest BCUT2D eigenvalue weighted by Gasteiger charge is 1.97. The zero-order chi connectivity index (χ0) is 8.27. The highest BCUT2D eigenvalue weighted by atomic mass is 16.3. The van der Waals surface area contributed by atoms with E-state index < -0.39 is 6.23 Å². The first-order valence-electron chi connectivity index (χ1n) is 3.70. The summed E-state index contributed by atoms with van der Waals surface area (Å²) in [5, 5.41) is 11.9. The summed E-state index contributed by atoms with van der Waals surface area (Å²) in [5.41, 5.74) is 2.14. The van der Waals surface area contributed by atoms with E-state index in [1.807, 2.05) is 31.2 Å². The Morgan fingerprint density at radius 2 is 2.00 bits per heavy atom. The van der Waals surface area contributed by atoms with E-state index in [0.29, 0.717) is 0 Å². The lowest BCUT2D eigenvalue weighted by Gasteiger charge is -2.10. The van der Waals surface area contributed by atoms with Crippen LogP contribution in [0.4, 0.5) is 5.69 Å². The Bertz CT molecular complexity index is 233. The van der Waals surface area contributed by atoms with Crippen LogP contribution >= 0.6 is 0 Å². The normalized spacial score (nSPS) is 12.6. The maximum absolute atomic E-state index is 9.02. The van der Waals surface area contributed by atoms with Crippen molar-refractivity contribution in [3.05, 3.63) is 29.8 Å². The van der Waals surface area contributed by atoms with E-state index in [1.165, 1.54) is 0 Å². The largest absolute Gasteiger partial charge is 0.374 e. The SMILES string of the molecule is Cc1ccccc1NC(C)O. The van der Waals surface area contributed by atoms with Gasteiger partial charge in [-0.2, -0.15) is 0 Å². The first kappa shape index (κ1) is 8.08. The molecule has 0 spiro atoms. The van der Waals surface area contributed by atoms with Crippen LogP contribution in [0.5, 0.6) is 0 Å². The molecule has 11 heavy (non-hydrogen) atoms. The van der Waals surface area contributed by atoms with E-state index >= 15 is 0 Å². The van der Waals surface area contributed by atoms with Crippen LogP contribution in [-0.2, 0) is 0 Å². The molecular weight excluding hydrogens is 138 g/mol. The first-order valence-corrected chi connectivity index (χ1v) is 3.70. The summed E-state index contributed by atoms with van der Waals surface area (Å²) < 4.78 is 0. The van der Waals surface area contributed by atoms with Crippen LogP contribution in [-0.4, -0.2) is 11.3 Å². The molecule has 0 radical (unpaired) electrons. The maximum atomic E-state index is 9.02. The van der Waals surface area contributed by atoms with Gasteiger partial charge in [0.05, 0.1) is 0 Å². The third-order valence-electron chi connectivity index (χ3n) is 1.51. The van der Waals surface area contributed by atoms with Crippen molar-refractivity contribution in [1.29, 1.82) is 0 Å². The van der Waals surface area contributed by atoms with Gasteiger partial charge in [-0.25, -0.2) is 0 Å². The lowest BCUT2D eigenvalue weighted by molar-refractivity contribution is 0.224. The van der Waals surface area contributed by atoms with E-state index in [2.05, 4.69) is 5.32 Å². The van der Waals surface area contributed by atoms with Crippen molar-refractivity contribution in [2.24, 2.45) is 0 Å². The summed E-state index contributed by atoms with van der Waals surface area (Å²) in [5.74, 6) is 0. The number of anilines is 1. The van der Waals surface area contributed by atoms with Crippen molar-refractivity contribution in [2.75, 3.05) is 5.32 Å². The van der Waals surface area contributed by atoms with Crippen LogP contribution in [0.3, 0.4) is 0 Å². The Kier molecular flexibility index (Phi) is 2.49. The Hall–Kier alpha value is -1.02. The molecule has 0 fully saturated rings. The van der Waals surface area contributed by atoms with Crippen molar-refractivity contribution in [3.63, 3.8) is 0 Å². The van der Waals surface area contributed by atoms with E-state index in [9.17, 15) is 0 Å². The zero-order valence-corrected chi connectivity index (χ0v) is 6.83. The van der Waals surface area contributed by atoms with Gasteiger partial charge in [0.25, 0.3) is 0 Å².